The molecule has 0 aromatic carbocycles. The number of tetrazole rings is 1. The first-order chi connectivity index (χ1) is 13.1. The lowest BCUT2D eigenvalue weighted by atomic mass is 10.00. The summed E-state index contributed by atoms with van der Waals surface area (Å²) in [6.07, 6.45) is 16.3. The molecule has 27 heavy (non-hydrogen) atoms. The Kier molecular flexibility index (Phi) is 6.57. The van der Waals surface area contributed by atoms with E-state index in [9.17, 15) is 5.11 Å². The number of aliphatic hydroxyl groups excluding tert-OH is 1. The fourth-order valence-electron chi connectivity index (χ4n) is 4.09. The lowest BCUT2D eigenvalue weighted by molar-refractivity contribution is 0.143. The average Bonchev–Trinajstić information content (AvgIpc) is 3.58. The van der Waals surface area contributed by atoms with Gasteiger partial charge >= 0.3 is 0 Å². The standard InChI is InChI=1S/C19H33N7O/c1-3-25(23-20-2)18(12-13-18)10-6-4-8-17(27)9-5-7-11-19(14-15-19)26-16-21-22-24-26/h3,16-17,27H,1,4-15H2,2H3/b23-20-. The van der Waals surface area contributed by atoms with Crippen molar-refractivity contribution in [3.8, 4) is 0 Å². The summed E-state index contributed by atoms with van der Waals surface area (Å²) >= 11 is 0. The second kappa shape index (κ2) is 8.91. The largest absolute Gasteiger partial charge is 0.393 e. The third-order valence-electron chi connectivity index (χ3n) is 6.19. The second-order valence-corrected chi connectivity index (χ2v) is 8.17. The molecule has 1 heterocycles. The summed E-state index contributed by atoms with van der Waals surface area (Å²) < 4.78 is 1.92. The molecule has 2 aliphatic carbocycles. The number of unbranched alkanes of at least 4 members (excludes halogenated alkanes) is 2. The summed E-state index contributed by atoms with van der Waals surface area (Å²) in [5, 5.41) is 31.8. The van der Waals surface area contributed by atoms with Gasteiger partial charge in [0.1, 0.15) is 6.33 Å². The van der Waals surface area contributed by atoms with E-state index in [1.807, 2.05) is 9.69 Å². The highest BCUT2D eigenvalue weighted by molar-refractivity contribution is 5.04. The van der Waals surface area contributed by atoms with Crippen molar-refractivity contribution in [3.05, 3.63) is 19.1 Å². The minimum atomic E-state index is -0.186. The highest BCUT2D eigenvalue weighted by atomic mass is 16.3. The van der Waals surface area contributed by atoms with Gasteiger partial charge in [-0.15, -0.1) is 5.10 Å². The first kappa shape index (κ1) is 19.9. The highest BCUT2D eigenvalue weighted by Gasteiger charge is 2.47. The molecule has 3 rings (SSSR count). The SMILES string of the molecule is C=CN(/N=N\C)C1(CCCCC(O)CCCCC2(n3cnnn3)CC2)CC1. The molecule has 0 amide bonds. The maximum absolute atomic E-state index is 10.3. The lowest BCUT2D eigenvalue weighted by Gasteiger charge is -2.24. The monoisotopic (exact) mass is 375 g/mol. The van der Waals surface area contributed by atoms with Gasteiger partial charge in [0.25, 0.3) is 0 Å². The van der Waals surface area contributed by atoms with Crippen molar-refractivity contribution < 1.29 is 5.11 Å². The van der Waals surface area contributed by atoms with Crippen LogP contribution in [0.15, 0.2) is 29.4 Å². The molecule has 0 aliphatic heterocycles. The van der Waals surface area contributed by atoms with Gasteiger partial charge < -0.3 is 5.11 Å². The zero-order valence-electron chi connectivity index (χ0n) is 16.5. The van der Waals surface area contributed by atoms with Gasteiger partial charge in [-0.3, -0.25) is 0 Å². The van der Waals surface area contributed by atoms with Gasteiger partial charge in [-0.05, 0) is 61.8 Å². The van der Waals surface area contributed by atoms with E-state index in [1.165, 1.54) is 12.8 Å². The van der Waals surface area contributed by atoms with Crippen molar-refractivity contribution in [2.45, 2.75) is 94.2 Å². The van der Waals surface area contributed by atoms with E-state index in [4.69, 9.17) is 0 Å². The van der Waals surface area contributed by atoms with Crippen LogP contribution in [0, 0.1) is 0 Å². The van der Waals surface area contributed by atoms with Crippen LogP contribution in [0.5, 0.6) is 0 Å². The molecule has 150 valence electrons. The minimum absolute atomic E-state index is 0.140. The number of hydrogen-bond donors (Lipinski definition) is 1. The zero-order chi connectivity index (χ0) is 19.2. The molecule has 1 aromatic rings. The third-order valence-corrected chi connectivity index (χ3v) is 6.19. The van der Waals surface area contributed by atoms with Gasteiger partial charge in [-0.25, -0.2) is 9.69 Å². The van der Waals surface area contributed by atoms with Gasteiger partial charge in [0, 0.05) is 6.20 Å². The van der Waals surface area contributed by atoms with Crippen LogP contribution < -0.4 is 0 Å². The average molecular weight is 376 g/mol. The summed E-state index contributed by atoms with van der Waals surface area (Å²) in [6, 6.07) is 0. The van der Waals surface area contributed by atoms with Crippen LogP contribution in [-0.2, 0) is 5.54 Å². The Hall–Kier alpha value is -1.83. The Morgan fingerprint density at radius 1 is 1.19 bits per heavy atom. The Labute approximate surface area is 161 Å². The number of aliphatic hydroxyl groups is 1. The molecule has 0 saturated heterocycles. The molecule has 0 radical (unpaired) electrons. The van der Waals surface area contributed by atoms with Gasteiger partial charge in [-0.2, -0.15) is 5.11 Å². The van der Waals surface area contributed by atoms with E-state index >= 15 is 0 Å². The van der Waals surface area contributed by atoms with E-state index in [2.05, 4.69) is 32.4 Å². The van der Waals surface area contributed by atoms with Crippen LogP contribution >= 0.6 is 0 Å². The molecule has 0 spiro atoms. The van der Waals surface area contributed by atoms with Crippen molar-refractivity contribution in [2.24, 2.45) is 10.3 Å². The summed E-state index contributed by atoms with van der Waals surface area (Å²) in [6.45, 7) is 3.84. The van der Waals surface area contributed by atoms with E-state index in [1.54, 1.807) is 19.6 Å². The molecule has 1 N–H and O–H groups in total. The van der Waals surface area contributed by atoms with Gasteiger partial charge in [-0.1, -0.05) is 37.5 Å². The topological polar surface area (TPSA) is 91.8 Å². The molecule has 2 fully saturated rings. The van der Waals surface area contributed by atoms with Crippen molar-refractivity contribution in [1.29, 1.82) is 0 Å². The van der Waals surface area contributed by atoms with Crippen molar-refractivity contribution >= 4 is 0 Å². The first-order valence-corrected chi connectivity index (χ1v) is 10.3. The van der Waals surface area contributed by atoms with E-state index in [0.29, 0.717) is 0 Å². The molecule has 1 unspecified atom stereocenters. The second-order valence-electron chi connectivity index (χ2n) is 8.17. The fourth-order valence-corrected chi connectivity index (χ4v) is 4.09. The van der Waals surface area contributed by atoms with Gasteiger partial charge in [0.2, 0.25) is 0 Å². The Morgan fingerprint density at radius 2 is 1.89 bits per heavy atom. The smallest absolute Gasteiger partial charge is 0.138 e. The zero-order valence-corrected chi connectivity index (χ0v) is 16.5. The van der Waals surface area contributed by atoms with Crippen LogP contribution in [-0.4, -0.2) is 49.0 Å². The quantitative estimate of drug-likeness (QED) is 0.305. The fraction of sp³-hybridized carbons (Fsp3) is 0.842. The summed E-state index contributed by atoms with van der Waals surface area (Å²) in [5.74, 6) is 0. The number of nitrogens with zero attached hydrogens (tertiary/aromatic N) is 7. The predicted molar refractivity (Wildman–Crippen MR) is 103 cm³/mol. The highest BCUT2D eigenvalue weighted by Crippen LogP contribution is 2.47. The summed E-state index contributed by atoms with van der Waals surface area (Å²) in [4.78, 5) is 0. The minimum Gasteiger partial charge on any atom is -0.393 e. The number of rotatable bonds is 14. The molecular formula is C19H33N7O. The van der Waals surface area contributed by atoms with Crippen molar-refractivity contribution in [3.63, 3.8) is 0 Å². The summed E-state index contributed by atoms with van der Waals surface area (Å²) in [7, 11) is 1.69. The van der Waals surface area contributed by atoms with Crippen molar-refractivity contribution in [1.82, 2.24) is 25.2 Å². The van der Waals surface area contributed by atoms with Gasteiger partial charge in [0.05, 0.1) is 24.2 Å². The Bertz CT molecular complexity index is 608. The molecule has 1 aromatic heterocycles. The molecule has 0 bridgehead atoms. The Morgan fingerprint density at radius 3 is 2.41 bits per heavy atom. The molecular weight excluding hydrogens is 342 g/mol. The number of hydrogen-bond acceptors (Lipinski definition) is 6. The van der Waals surface area contributed by atoms with Crippen LogP contribution in [0.1, 0.15) is 77.0 Å². The summed E-state index contributed by atoms with van der Waals surface area (Å²) in [5.41, 5.74) is 0.306. The van der Waals surface area contributed by atoms with Crippen LogP contribution in [0.4, 0.5) is 0 Å². The van der Waals surface area contributed by atoms with E-state index in [-0.39, 0.29) is 17.2 Å². The third kappa shape index (κ3) is 5.12. The van der Waals surface area contributed by atoms with E-state index < -0.39 is 0 Å². The van der Waals surface area contributed by atoms with Gasteiger partial charge in [0.15, 0.2) is 0 Å². The normalized spacial score (nSPS) is 20.5. The molecule has 2 saturated carbocycles. The molecule has 8 nitrogen and oxygen atoms in total. The van der Waals surface area contributed by atoms with Crippen LogP contribution in [0.25, 0.3) is 0 Å². The first-order valence-electron chi connectivity index (χ1n) is 10.3. The lowest BCUT2D eigenvalue weighted by Crippen LogP contribution is -2.27. The Balaban J connectivity index is 1.25. The van der Waals surface area contributed by atoms with Crippen LogP contribution in [0.3, 0.4) is 0 Å². The number of aromatic nitrogens is 4. The van der Waals surface area contributed by atoms with Crippen molar-refractivity contribution in [2.75, 3.05) is 7.05 Å². The molecule has 8 heteroatoms. The van der Waals surface area contributed by atoms with E-state index in [0.717, 1.165) is 64.2 Å². The predicted octanol–water partition coefficient (Wildman–Crippen LogP) is 3.62. The molecule has 1 atom stereocenters. The molecule has 2 aliphatic rings. The maximum atomic E-state index is 10.3. The van der Waals surface area contributed by atoms with Crippen LogP contribution in [0.2, 0.25) is 0 Å². The maximum Gasteiger partial charge on any atom is 0.138 e.